The van der Waals surface area contributed by atoms with Crippen LogP contribution < -0.4 is 14.2 Å². The van der Waals surface area contributed by atoms with Crippen molar-refractivity contribution in [3.63, 3.8) is 0 Å². The fourth-order valence-corrected chi connectivity index (χ4v) is 4.81. The van der Waals surface area contributed by atoms with Gasteiger partial charge in [-0.3, -0.25) is 4.79 Å². The Balaban J connectivity index is 1.51. The van der Waals surface area contributed by atoms with Crippen molar-refractivity contribution in [3.05, 3.63) is 78.9 Å². The number of amides is 1. The van der Waals surface area contributed by atoms with Crippen LogP contribution >= 0.6 is 39.1 Å². The third-order valence-corrected chi connectivity index (χ3v) is 7.62. The van der Waals surface area contributed by atoms with Crippen LogP contribution in [0, 0.1) is 18.3 Å². The van der Waals surface area contributed by atoms with E-state index in [0.717, 1.165) is 5.56 Å². The van der Waals surface area contributed by atoms with E-state index in [1.807, 2.05) is 0 Å². The second-order valence-corrected chi connectivity index (χ2v) is 10.4. The number of aryl methyl sites for hydroxylation is 1. The zero-order valence-electron chi connectivity index (χ0n) is 22.5. The molecule has 0 bridgehead atoms. The lowest BCUT2D eigenvalue weighted by Crippen LogP contribution is -2.37. The van der Waals surface area contributed by atoms with Gasteiger partial charge in [0.05, 0.1) is 19.4 Å². The third-order valence-electron chi connectivity index (χ3n) is 5.98. The molecule has 0 radical (unpaired) electrons. The predicted molar refractivity (Wildman–Crippen MR) is 155 cm³/mol. The predicted octanol–water partition coefficient (Wildman–Crippen LogP) is 6.01. The van der Waals surface area contributed by atoms with Crippen LogP contribution in [0.4, 0.5) is 0 Å². The Bertz CT molecular complexity index is 1540. The summed E-state index contributed by atoms with van der Waals surface area (Å²) in [4.78, 5) is 16.8. The number of hydrazone groups is 1. The highest BCUT2D eigenvalue weighted by atomic mass is 79.9. The molecule has 2 heterocycles. The largest absolute Gasteiger partial charge is 0.493 e. The monoisotopic (exact) mass is 662 g/mol. The van der Waals surface area contributed by atoms with Gasteiger partial charge in [0.2, 0.25) is 23.9 Å². The number of carbonyl (C=O) groups excluding carboxylic acids is 1. The maximum absolute atomic E-state index is 12.4. The minimum Gasteiger partial charge on any atom is -0.493 e. The molecule has 214 valence electrons. The van der Waals surface area contributed by atoms with Gasteiger partial charge in [-0.1, -0.05) is 29.3 Å². The number of hydrogen-bond acceptors (Lipinski definition) is 9. The first-order valence-electron chi connectivity index (χ1n) is 12.2. The molecule has 2 aromatic carbocycles. The fraction of sp³-hybridized carbons (Fsp3) is 0.286. The average Bonchev–Trinajstić information content (AvgIpc) is 3.39. The SMILES string of the molecule is COCc1c(Br)c(C)nc(OC[C@@H]2OC(c3ccc(OCc4ccc(Cl)cc4Cl)c(OC)c3)=NN2C(C)=O)c1C#N. The van der Waals surface area contributed by atoms with E-state index in [2.05, 4.69) is 32.1 Å². The second kappa shape index (κ2) is 13.4. The van der Waals surface area contributed by atoms with Gasteiger partial charge in [0.25, 0.3) is 0 Å². The van der Waals surface area contributed by atoms with Gasteiger partial charge in [0, 0.05) is 45.2 Å². The zero-order chi connectivity index (χ0) is 29.7. The number of nitriles is 1. The van der Waals surface area contributed by atoms with Crippen molar-refractivity contribution < 1.29 is 28.5 Å². The summed E-state index contributed by atoms with van der Waals surface area (Å²) < 4.78 is 29.2. The van der Waals surface area contributed by atoms with Crippen LogP contribution in [0.2, 0.25) is 10.0 Å². The highest BCUT2D eigenvalue weighted by Gasteiger charge is 2.33. The molecule has 1 atom stereocenters. The van der Waals surface area contributed by atoms with Gasteiger partial charge in [-0.05, 0) is 53.2 Å². The van der Waals surface area contributed by atoms with E-state index in [1.165, 1.54) is 26.2 Å². The second-order valence-electron chi connectivity index (χ2n) is 8.76. The summed E-state index contributed by atoms with van der Waals surface area (Å²) in [6.45, 7) is 3.38. The van der Waals surface area contributed by atoms with Gasteiger partial charge < -0.3 is 23.7 Å². The van der Waals surface area contributed by atoms with E-state index in [-0.39, 0.29) is 43.1 Å². The highest BCUT2D eigenvalue weighted by molar-refractivity contribution is 9.10. The summed E-state index contributed by atoms with van der Waals surface area (Å²) in [5.41, 5.74) is 2.75. The molecule has 0 saturated heterocycles. The van der Waals surface area contributed by atoms with Crippen LogP contribution in [0.15, 0.2) is 46.0 Å². The molecule has 13 heteroatoms. The van der Waals surface area contributed by atoms with Crippen LogP contribution in [0.1, 0.15) is 34.9 Å². The molecule has 41 heavy (non-hydrogen) atoms. The van der Waals surface area contributed by atoms with Gasteiger partial charge in [-0.2, -0.15) is 10.3 Å². The molecule has 0 spiro atoms. The lowest BCUT2D eigenvalue weighted by molar-refractivity contribution is -0.136. The van der Waals surface area contributed by atoms with E-state index in [4.69, 9.17) is 46.9 Å². The fourth-order valence-electron chi connectivity index (χ4n) is 3.95. The van der Waals surface area contributed by atoms with Gasteiger partial charge in [0.1, 0.15) is 24.8 Å². The van der Waals surface area contributed by atoms with Gasteiger partial charge in [-0.15, -0.1) is 5.10 Å². The maximum Gasteiger partial charge on any atom is 0.243 e. The maximum atomic E-state index is 12.4. The van der Waals surface area contributed by atoms with E-state index in [0.29, 0.717) is 42.8 Å². The summed E-state index contributed by atoms with van der Waals surface area (Å²) in [6.07, 6.45) is -0.903. The Kier molecular flexibility index (Phi) is 9.94. The number of carbonyl (C=O) groups is 1. The molecule has 1 aliphatic heterocycles. The number of benzene rings is 2. The smallest absolute Gasteiger partial charge is 0.243 e. The molecule has 4 rings (SSSR count). The van der Waals surface area contributed by atoms with Crippen molar-refractivity contribution in [1.82, 2.24) is 9.99 Å². The number of aromatic nitrogens is 1. The minimum absolute atomic E-state index is 0.102. The summed E-state index contributed by atoms with van der Waals surface area (Å²) in [5.74, 6) is 0.814. The Labute approximate surface area is 255 Å². The molecule has 0 saturated carbocycles. The molecule has 0 unspecified atom stereocenters. The Morgan fingerprint density at radius 1 is 1.15 bits per heavy atom. The number of methoxy groups -OCH3 is 2. The number of hydrogen-bond donors (Lipinski definition) is 0. The highest BCUT2D eigenvalue weighted by Crippen LogP contribution is 2.33. The van der Waals surface area contributed by atoms with Crippen LogP contribution in [-0.2, 0) is 27.5 Å². The van der Waals surface area contributed by atoms with Crippen molar-refractivity contribution in [2.24, 2.45) is 5.10 Å². The van der Waals surface area contributed by atoms with Crippen LogP contribution in [0.5, 0.6) is 17.4 Å². The molecule has 1 amide bonds. The third kappa shape index (κ3) is 6.85. The lowest BCUT2D eigenvalue weighted by atomic mass is 10.1. The number of rotatable bonds is 10. The van der Waals surface area contributed by atoms with Gasteiger partial charge >= 0.3 is 0 Å². The van der Waals surface area contributed by atoms with Crippen LogP contribution in [0.3, 0.4) is 0 Å². The molecule has 10 nitrogen and oxygen atoms in total. The first-order chi connectivity index (χ1) is 19.7. The lowest BCUT2D eigenvalue weighted by Gasteiger charge is -2.20. The first-order valence-corrected chi connectivity index (χ1v) is 13.7. The number of ether oxygens (including phenoxy) is 5. The summed E-state index contributed by atoms with van der Waals surface area (Å²) in [6, 6.07) is 12.4. The first kappa shape index (κ1) is 30.4. The number of pyridine rings is 1. The number of nitrogens with zero attached hydrogens (tertiary/aromatic N) is 4. The van der Waals surface area contributed by atoms with E-state index in [1.54, 1.807) is 43.3 Å². The average molecular weight is 664 g/mol. The number of halogens is 3. The van der Waals surface area contributed by atoms with Crippen molar-refractivity contribution in [2.75, 3.05) is 20.8 Å². The van der Waals surface area contributed by atoms with E-state index < -0.39 is 6.23 Å². The molecule has 0 aliphatic carbocycles. The van der Waals surface area contributed by atoms with Crippen molar-refractivity contribution in [1.29, 1.82) is 5.26 Å². The van der Waals surface area contributed by atoms with E-state index >= 15 is 0 Å². The van der Waals surface area contributed by atoms with Crippen molar-refractivity contribution in [2.45, 2.75) is 33.3 Å². The molecular formula is C28H25BrCl2N4O6. The van der Waals surface area contributed by atoms with Gasteiger partial charge in [-0.25, -0.2) is 4.98 Å². The Morgan fingerprint density at radius 2 is 1.93 bits per heavy atom. The quantitative estimate of drug-likeness (QED) is 0.259. The zero-order valence-corrected chi connectivity index (χ0v) is 25.6. The summed E-state index contributed by atoms with van der Waals surface area (Å²) >= 11 is 15.7. The standard InChI is InChI=1S/C28H25BrCl2N4O6/c1-15-26(29)21(13-37-3)20(11-32)28(33-15)40-14-25-35(16(2)36)34-27(41-25)17-6-8-23(24(9-17)38-4)39-12-18-5-7-19(30)10-22(18)31/h5-10,25H,12-14H2,1-4H3/t25-/m0/s1. The Morgan fingerprint density at radius 3 is 2.59 bits per heavy atom. The minimum atomic E-state index is -0.903. The van der Waals surface area contributed by atoms with Crippen LogP contribution in [-0.4, -0.2) is 48.9 Å². The van der Waals surface area contributed by atoms with Crippen molar-refractivity contribution >= 4 is 50.9 Å². The topological polar surface area (TPSA) is 116 Å². The molecule has 1 aromatic heterocycles. The van der Waals surface area contributed by atoms with Gasteiger partial charge in [0.15, 0.2) is 11.5 Å². The normalized spacial score (nSPS) is 14.2. The summed E-state index contributed by atoms with van der Waals surface area (Å²) in [5, 5.41) is 16.3. The molecule has 0 N–H and O–H groups in total. The van der Waals surface area contributed by atoms with E-state index in [9.17, 15) is 10.1 Å². The molecule has 3 aromatic rings. The molecule has 1 aliphatic rings. The van der Waals surface area contributed by atoms with Crippen LogP contribution in [0.25, 0.3) is 0 Å². The summed E-state index contributed by atoms with van der Waals surface area (Å²) in [7, 11) is 3.04. The molecule has 0 fully saturated rings. The Hall–Kier alpha value is -3.56. The molecular weight excluding hydrogens is 639 g/mol. The van der Waals surface area contributed by atoms with Crippen molar-refractivity contribution in [3.8, 4) is 23.4 Å².